The molecule has 0 amide bonds. The molecule has 2 aromatic rings. The summed E-state index contributed by atoms with van der Waals surface area (Å²) in [5.74, 6) is 0. The van der Waals surface area contributed by atoms with Crippen LogP contribution in [0.1, 0.15) is 36.2 Å². The lowest BCUT2D eigenvalue weighted by atomic mass is 9.90. The van der Waals surface area contributed by atoms with E-state index in [4.69, 9.17) is 16.3 Å². The SMILES string of the molecule is [CH2]/C=C1\CCC(c2ccccc2)OC1c1ccc(Cl)cc1. The van der Waals surface area contributed by atoms with Crippen molar-refractivity contribution in [2.45, 2.75) is 25.0 Å². The number of hydrogen-bond donors (Lipinski definition) is 0. The molecule has 107 valence electrons. The Kier molecular flexibility index (Phi) is 4.42. The van der Waals surface area contributed by atoms with E-state index in [1.54, 1.807) is 0 Å². The third-order valence-electron chi connectivity index (χ3n) is 3.94. The van der Waals surface area contributed by atoms with Crippen LogP contribution in [-0.4, -0.2) is 0 Å². The number of hydrogen-bond acceptors (Lipinski definition) is 1. The molecule has 0 bridgehead atoms. The van der Waals surface area contributed by atoms with Gasteiger partial charge in [-0.2, -0.15) is 0 Å². The standard InChI is InChI=1S/C19H18ClO/c1-2-14-10-13-18(15-6-4-3-5-7-15)21-19(14)16-8-11-17(20)12-9-16/h2-9,11-12,18-19H,1,10,13H2/b14-2+. The highest BCUT2D eigenvalue weighted by atomic mass is 35.5. The summed E-state index contributed by atoms with van der Waals surface area (Å²) in [6, 6.07) is 18.3. The van der Waals surface area contributed by atoms with Gasteiger partial charge in [-0.25, -0.2) is 0 Å². The molecular weight excluding hydrogens is 280 g/mol. The molecular formula is C19H18ClO. The van der Waals surface area contributed by atoms with Crippen LogP contribution in [0.5, 0.6) is 0 Å². The van der Waals surface area contributed by atoms with Crippen LogP contribution in [-0.2, 0) is 4.74 Å². The van der Waals surface area contributed by atoms with Gasteiger partial charge < -0.3 is 4.74 Å². The molecule has 1 heterocycles. The van der Waals surface area contributed by atoms with Crippen LogP contribution < -0.4 is 0 Å². The Balaban J connectivity index is 1.87. The monoisotopic (exact) mass is 297 g/mol. The fraction of sp³-hybridized carbons (Fsp3) is 0.211. The Labute approximate surface area is 131 Å². The number of benzene rings is 2. The number of halogens is 1. The maximum absolute atomic E-state index is 6.35. The van der Waals surface area contributed by atoms with Crippen molar-refractivity contribution in [3.8, 4) is 0 Å². The minimum Gasteiger partial charge on any atom is -0.361 e. The first kappa shape index (κ1) is 14.4. The molecule has 0 saturated carbocycles. The lowest BCUT2D eigenvalue weighted by Crippen LogP contribution is -2.18. The summed E-state index contributed by atoms with van der Waals surface area (Å²) in [7, 11) is 0. The fourth-order valence-corrected chi connectivity index (χ4v) is 2.93. The van der Waals surface area contributed by atoms with Crippen molar-refractivity contribution in [2.24, 2.45) is 0 Å². The molecule has 2 aromatic carbocycles. The Bertz CT molecular complexity index is 616. The molecule has 0 aliphatic carbocycles. The molecule has 2 unspecified atom stereocenters. The van der Waals surface area contributed by atoms with E-state index in [2.05, 4.69) is 31.2 Å². The third-order valence-corrected chi connectivity index (χ3v) is 4.19. The van der Waals surface area contributed by atoms with Crippen molar-refractivity contribution >= 4 is 11.6 Å². The molecule has 2 atom stereocenters. The van der Waals surface area contributed by atoms with E-state index in [1.807, 2.05) is 36.4 Å². The minimum atomic E-state index is -0.0290. The zero-order chi connectivity index (χ0) is 14.7. The maximum Gasteiger partial charge on any atom is 0.104 e. The van der Waals surface area contributed by atoms with Gasteiger partial charge in [0, 0.05) is 5.02 Å². The lowest BCUT2D eigenvalue weighted by Gasteiger charge is -2.33. The first-order chi connectivity index (χ1) is 10.3. The molecule has 1 aliphatic heterocycles. The Hall–Kier alpha value is -1.57. The van der Waals surface area contributed by atoms with Gasteiger partial charge in [0.15, 0.2) is 0 Å². The van der Waals surface area contributed by atoms with Crippen LogP contribution >= 0.6 is 11.6 Å². The van der Waals surface area contributed by atoms with Crippen molar-refractivity contribution in [2.75, 3.05) is 0 Å². The highest BCUT2D eigenvalue weighted by Gasteiger charge is 2.28. The zero-order valence-electron chi connectivity index (χ0n) is 11.8. The molecule has 2 heteroatoms. The van der Waals surface area contributed by atoms with Gasteiger partial charge in [-0.05, 0) is 48.6 Å². The van der Waals surface area contributed by atoms with Crippen LogP contribution in [0.15, 0.2) is 66.2 Å². The van der Waals surface area contributed by atoms with Gasteiger partial charge in [-0.1, -0.05) is 60.1 Å². The average molecular weight is 298 g/mol. The molecule has 1 nitrogen and oxygen atoms in total. The number of allylic oxidation sites excluding steroid dienone is 1. The second-order valence-electron chi connectivity index (χ2n) is 5.28. The van der Waals surface area contributed by atoms with E-state index in [1.165, 1.54) is 11.1 Å². The molecule has 0 aromatic heterocycles. The summed E-state index contributed by atoms with van der Waals surface area (Å²) in [5, 5.41) is 0.745. The molecule has 1 saturated heterocycles. The van der Waals surface area contributed by atoms with Gasteiger partial charge in [0.05, 0.1) is 6.10 Å². The smallest absolute Gasteiger partial charge is 0.104 e. The molecule has 1 radical (unpaired) electrons. The third kappa shape index (κ3) is 3.20. The highest BCUT2D eigenvalue weighted by Crippen LogP contribution is 2.41. The first-order valence-corrected chi connectivity index (χ1v) is 7.60. The van der Waals surface area contributed by atoms with Crippen molar-refractivity contribution in [1.82, 2.24) is 0 Å². The summed E-state index contributed by atoms with van der Waals surface area (Å²) in [5.41, 5.74) is 3.61. The minimum absolute atomic E-state index is 0.0290. The second-order valence-corrected chi connectivity index (χ2v) is 5.72. The van der Waals surface area contributed by atoms with Crippen LogP contribution in [0.4, 0.5) is 0 Å². The van der Waals surface area contributed by atoms with E-state index >= 15 is 0 Å². The Morgan fingerprint density at radius 2 is 1.71 bits per heavy atom. The van der Waals surface area contributed by atoms with Gasteiger partial charge in [-0.15, -0.1) is 0 Å². The predicted octanol–water partition coefficient (Wildman–Crippen LogP) is 5.69. The summed E-state index contributed by atoms with van der Waals surface area (Å²) in [6.07, 6.45) is 4.04. The Morgan fingerprint density at radius 1 is 1.00 bits per heavy atom. The van der Waals surface area contributed by atoms with Crippen LogP contribution in [0.25, 0.3) is 0 Å². The zero-order valence-corrected chi connectivity index (χ0v) is 12.6. The average Bonchev–Trinajstić information content (AvgIpc) is 2.56. The van der Waals surface area contributed by atoms with E-state index in [0.717, 1.165) is 23.4 Å². The molecule has 21 heavy (non-hydrogen) atoms. The van der Waals surface area contributed by atoms with Crippen molar-refractivity contribution in [1.29, 1.82) is 0 Å². The van der Waals surface area contributed by atoms with E-state index in [0.29, 0.717) is 0 Å². The van der Waals surface area contributed by atoms with Gasteiger partial charge in [-0.3, -0.25) is 0 Å². The summed E-state index contributed by atoms with van der Waals surface area (Å²) in [4.78, 5) is 0. The first-order valence-electron chi connectivity index (χ1n) is 7.22. The van der Waals surface area contributed by atoms with Gasteiger partial charge in [0.25, 0.3) is 0 Å². The van der Waals surface area contributed by atoms with Crippen molar-refractivity contribution in [3.63, 3.8) is 0 Å². The normalized spacial score (nSPS) is 24.2. The van der Waals surface area contributed by atoms with Crippen molar-refractivity contribution in [3.05, 3.63) is 89.3 Å². The molecule has 0 spiro atoms. The molecule has 1 fully saturated rings. The van der Waals surface area contributed by atoms with Gasteiger partial charge in [0.2, 0.25) is 0 Å². The van der Waals surface area contributed by atoms with E-state index < -0.39 is 0 Å². The highest BCUT2D eigenvalue weighted by molar-refractivity contribution is 6.30. The maximum atomic E-state index is 6.35. The lowest BCUT2D eigenvalue weighted by molar-refractivity contribution is -0.0222. The fourth-order valence-electron chi connectivity index (χ4n) is 2.80. The van der Waals surface area contributed by atoms with Crippen LogP contribution in [0.3, 0.4) is 0 Å². The predicted molar refractivity (Wildman–Crippen MR) is 87.1 cm³/mol. The molecule has 0 N–H and O–H groups in total. The summed E-state index contributed by atoms with van der Waals surface area (Å²) >= 11 is 5.98. The van der Waals surface area contributed by atoms with E-state index in [9.17, 15) is 0 Å². The summed E-state index contributed by atoms with van der Waals surface area (Å²) < 4.78 is 6.35. The molecule has 3 rings (SSSR count). The van der Waals surface area contributed by atoms with Crippen molar-refractivity contribution < 1.29 is 4.74 Å². The largest absolute Gasteiger partial charge is 0.361 e. The Morgan fingerprint density at radius 3 is 2.38 bits per heavy atom. The number of ether oxygens (including phenoxy) is 1. The van der Waals surface area contributed by atoms with Crippen LogP contribution in [0.2, 0.25) is 5.02 Å². The molecule has 1 aliphatic rings. The quantitative estimate of drug-likeness (QED) is 0.691. The van der Waals surface area contributed by atoms with E-state index in [-0.39, 0.29) is 12.2 Å². The van der Waals surface area contributed by atoms with Crippen LogP contribution in [0, 0.1) is 6.92 Å². The topological polar surface area (TPSA) is 9.23 Å². The number of rotatable bonds is 2. The van der Waals surface area contributed by atoms with Gasteiger partial charge in [0.1, 0.15) is 6.10 Å². The summed E-state index contributed by atoms with van der Waals surface area (Å²) in [6.45, 7) is 3.93. The second kappa shape index (κ2) is 6.46. The van der Waals surface area contributed by atoms with Gasteiger partial charge >= 0.3 is 0 Å².